The first kappa shape index (κ1) is 21.2. The van der Waals surface area contributed by atoms with Crippen molar-refractivity contribution in [3.8, 4) is 0 Å². The van der Waals surface area contributed by atoms with Gasteiger partial charge < -0.3 is 15.2 Å². The lowest BCUT2D eigenvalue weighted by Gasteiger charge is -2.16. The Morgan fingerprint density at radius 3 is 2.20 bits per heavy atom. The fraction of sp³-hybridized carbons (Fsp3) is 0.600. The van der Waals surface area contributed by atoms with Crippen molar-refractivity contribution >= 4 is 11.9 Å². The van der Waals surface area contributed by atoms with Gasteiger partial charge in [-0.25, -0.2) is 0 Å². The van der Waals surface area contributed by atoms with Crippen LogP contribution in [0.25, 0.3) is 0 Å². The topological polar surface area (TPSA) is 75.6 Å². The molecule has 0 aliphatic heterocycles. The Morgan fingerprint density at radius 1 is 1.04 bits per heavy atom. The van der Waals surface area contributed by atoms with Crippen LogP contribution in [0.4, 0.5) is 0 Å². The standard InChI is InChI=1S/C20H31NO4/c1-4-25-18(22)9-7-5-6-8-14-21-19(20(23)24)17-12-10-16(11-13-17)15(2)3/h10-13,15,19,21H,4-9,14H2,1-3H3,(H,23,24). The average molecular weight is 349 g/mol. The number of esters is 1. The monoisotopic (exact) mass is 349 g/mol. The largest absolute Gasteiger partial charge is 0.480 e. The highest BCUT2D eigenvalue weighted by Crippen LogP contribution is 2.19. The molecule has 0 spiro atoms. The Morgan fingerprint density at radius 2 is 1.64 bits per heavy atom. The van der Waals surface area contributed by atoms with Crippen molar-refractivity contribution in [2.24, 2.45) is 0 Å². The van der Waals surface area contributed by atoms with Crippen molar-refractivity contribution in [2.45, 2.75) is 64.8 Å². The maximum absolute atomic E-state index is 11.5. The van der Waals surface area contributed by atoms with Gasteiger partial charge in [0.15, 0.2) is 0 Å². The molecule has 0 heterocycles. The highest BCUT2D eigenvalue weighted by Gasteiger charge is 2.18. The molecule has 5 nitrogen and oxygen atoms in total. The first-order valence-electron chi connectivity index (χ1n) is 9.17. The smallest absolute Gasteiger partial charge is 0.325 e. The second-order valence-electron chi connectivity index (χ2n) is 6.52. The minimum atomic E-state index is -0.861. The van der Waals surface area contributed by atoms with Gasteiger partial charge in [0.25, 0.3) is 0 Å². The number of carboxylic acid groups (broad SMARTS) is 1. The molecule has 0 radical (unpaired) electrons. The molecule has 0 amide bonds. The molecule has 1 atom stereocenters. The maximum Gasteiger partial charge on any atom is 0.325 e. The zero-order valence-corrected chi connectivity index (χ0v) is 15.6. The number of carbonyl (C=O) groups is 2. The van der Waals surface area contributed by atoms with Crippen LogP contribution < -0.4 is 5.32 Å². The Hall–Kier alpha value is -1.88. The van der Waals surface area contributed by atoms with Gasteiger partial charge in [0.1, 0.15) is 6.04 Å². The van der Waals surface area contributed by atoms with E-state index in [4.69, 9.17) is 4.74 Å². The molecule has 0 aliphatic rings. The molecule has 0 saturated carbocycles. The molecule has 0 saturated heterocycles. The summed E-state index contributed by atoms with van der Waals surface area (Å²) in [6.45, 7) is 7.10. The summed E-state index contributed by atoms with van der Waals surface area (Å²) < 4.78 is 4.88. The number of hydrogen-bond acceptors (Lipinski definition) is 4. The summed E-state index contributed by atoms with van der Waals surface area (Å²) in [6.07, 6.45) is 4.07. The van der Waals surface area contributed by atoms with Gasteiger partial charge in [0, 0.05) is 6.42 Å². The van der Waals surface area contributed by atoms with E-state index < -0.39 is 12.0 Å². The number of nitrogens with one attached hydrogen (secondary N) is 1. The van der Waals surface area contributed by atoms with Crippen LogP contribution in [0.3, 0.4) is 0 Å². The van der Waals surface area contributed by atoms with Gasteiger partial charge in [0.05, 0.1) is 6.61 Å². The summed E-state index contributed by atoms with van der Waals surface area (Å²) in [5.74, 6) is -0.573. The summed E-state index contributed by atoms with van der Waals surface area (Å²) in [6, 6.07) is 7.08. The van der Waals surface area contributed by atoms with Crippen LogP contribution in [-0.4, -0.2) is 30.2 Å². The number of hydrogen-bond donors (Lipinski definition) is 2. The molecular weight excluding hydrogens is 318 g/mol. The molecule has 0 aliphatic carbocycles. The van der Waals surface area contributed by atoms with Crippen LogP contribution in [0.5, 0.6) is 0 Å². The third kappa shape index (κ3) is 8.16. The van der Waals surface area contributed by atoms with E-state index in [-0.39, 0.29) is 5.97 Å². The highest BCUT2D eigenvalue weighted by atomic mass is 16.5. The van der Waals surface area contributed by atoms with E-state index in [1.807, 2.05) is 24.3 Å². The molecule has 1 unspecified atom stereocenters. The van der Waals surface area contributed by atoms with Crippen molar-refractivity contribution in [1.29, 1.82) is 0 Å². The number of aliphatic carboxylic acids is 1. The Balaban J connectivity index is 2.32. The molecule has 0 bridgehead atoms. The quantitative estimate of drug-likeness (QED) is 0.440. The lowest BCUT2D eigenvalue weighted by molar-refractivity contribution is -0.143. The first-order valence-corrected chi connectivity index (χ1v) is 9.17. The lowest BCUT2D eigenvalue weighted by atomic mass is 9.99. The number of rotatable bonds is 12. The van der Waals surface area contributed by atoms with E-state index in [2.05, 4.69) is 19.2 Å². The van der Waals surface area contributed by atoms with E-state index in [0.29, 0.717) is 25.5 Å². The zero-order valence-electron chi connectivity index (χ0n) is 15.6. The number of unbranched alkanes of at least 4 members (excludes halogenated alkanes) is 3. The van der Waals surface area contributed by atoms with E-state index in [1.165, 1.54) is 5.56 Å². The zero-order chi connectivity index (χ0) is 18.7. The van der Waals surface area contributed by atoms with Gasteiger partial charge in [-0.05, 0) is 43.4 Å². The molecule has 140 valence electrons. The molecule has 1 aromatic carbocycles. The third-order valence-electron chi connectivity index (χ3n) is 4.14. The van der Waals surface area contributed by atoms with Gasteiger partial charge in [-0.1, -0.05) is 51.0 Å². The second-order valence-corrected chi connectivity index (χ2v) is 6.52. The summed E-state index contributed by atoms with van der Waals surface area (Å²) in [5, 5.41) is 12.6. The normalized spacial score (nSPS) is 12.2. The van der Waals surface area contributed by atoms with Crippen LogP contribution in [0.15, 0.2) is 24.3 Å². The van der Waals surface area contributed by atoms with Gasteiger partial charge in [-0.2, -0.15) is 0 Å². The number of ether oxygens (including phenoxy) is 1. The lowest BCUT2D eigenvalue weighted by Crippen LogP contribution is -2.29. The minimum absolute atomic E-state index is 0.142. The Labute approximate surface area is 150 Å². The number of carbonyl (C=O) groups excluding carboxylic acids is 1. The molecule has 0 fully saturated rings. The van der Waals surface area contributed by atoms with Crippen molar-refractivity contribution in [3.05, 3.63) is 35.4 Å². The molecular formula is C20H31NO4. The predicted octanol–water partition coefficient (Wildman–Crippen LogP) is 4.04. The van der Waals surface area contributed by atoms with Crippen LogP contribution in [0.2, 0.25) is 0 Å². The van der Waals surface area contributed by atoms with Gasteiger partial charge in [0.2, 0.25) is 0 Å². The van der Waals surface area contributed by atoms with Crippen molar-refractivity contribution < 1.29 is 19.4 Å². The summed E-state index contributed by atoms with van der Waals surface area (Å²) in [7, 11) is 0. The number of benzene rings is 1. The highest BCUT2D eigenvalue weighted by molar-refractivity contribution is 5.75. The van der Waals surface area contributed by atoms with Gasteiger partial charge in [-0.15, -0.1) is 0 Å². The van der Waals surface area contributed by atoms with E-state index in [0.717, 1.165) is 31.2 Å². The maximum atomic E-state index is 11.5. The predicted molar refractivity (Wildman–Crippen MR) is 98.6 cm³/mol. The van der Waals surface area contributed by atoms with Gasteiger partial charge in [-0.3, -0.25) is 9.59 Å². The third-order valence-corrected chi connectivity index (χ3v) is 4.14. The van der Waals surface area contributed by atoms with Crippen molar-refractivity contribution in [2.75, 3.05) is 13.2 Å². The molecule has 1 aromatic rings. The van der Waals surface area contributed by atoms with E-state index in [1.54, 1.807) is 6.92 Å². The molecule has 0 aromatic heterocycles. The van der Waals surface area contributed by atoms with Crippen LogP contribution >= 0.6 is 0 Å². The van der Waals surface area contributed by atoms with Crippen LogP contribution in [-0.2, 0) is 14.3 Å². The van der Waals surface area contributed by atoms with E-state index >= 15 is 0 Å². The van der Waals surface area contributed by atoms with Crippen molar-refractivity contribution in [1.82, 2.24) is 5.32 Å². The van der Waals surface area contributed by atoms with Gasteiger partial charge >= 0.3 is 11.9 Å². The minimum Gasteiger partial charge on any atom is -0.480 e. The summed E-state index contributed by atoms with van der Waals surface area (Å²) >= 11 is 0. The SMILES string of the molecule is CCOC(=O)CCCCCCNC(C(=O)O)c1ccc(C(C)C)cc1. The molecule has 2 N–H and O–H groups in total. The molecule has 1 rings (SSSR count). The Bertz CT molecular complexity index is 525. The van der Waals surface area contributed by atoms with Crippen molar-refractivity contribution in [3.63, 3.8) is 0 Å². The first-order chi connectivity index (χ1) is 12.0. The summed E-state index contributed by atoms with van der Waals surface area (Å²) in [4.78, 5) is 22.7. The molecule has 5 heteroatoms. The average Bonchev–Trinajstić information content (AvgIpc) is 2.57. The Kier molecular flexibility index (Phi) is 9.85. The van der Waals surface area contributed by atoms with Crippen LogP contribution in [0.1, 0.15) is 76.0 Å². The molecule has 25 heavy (non-hydrogen) atoms. The fourth-order valence-electron chi connectivity index (χ4n) is 2.65. The fourth-order valence-corrected chi connectivity index (χ4v) is 2.65. The van der Waals surface area contributed by atoms with Crippen LogP contribution in [0, 0.1) is 0 Å². The number of carboxylic acids is 1. The van der Waals surface area contributed by atoms with E-state index in [9.17, 15) is 14.7 Å². The summed E-state index contributed by atoms with van der Waals surface area (Å²) in [5.41, 5.74) is 1.98. The second kappa shape index (κ2) is 11.6.